The van der Waals surface area contributed by atoms with Crippen LogP contribution in [-0.4, -0.2) is 34.5 Å². The highest BCUT2D eigenvalue weighted by Crippen LogP contribution is 2.24. The minimum Gasteiger partial charge on any atom is -0.278 e. The molecule has 1 aromatic carbocycles. The first kappa shape index (κ1) is 22.1. The summed E-state index contributed by atoms with van der Waals surface area (Å²) in [5, 5.41) is 13.0. The molecule has 0 amide bonds. The molecule has 1 aliphatic heterocycles. The monoisotopic (exact) mass is 455 g/mol. The van der Waals surface area contributed by atoms with E-state index in [1.165, 1.54) is 14.9 Å². The van der Waals surface area contributed by atoms with E-state index in [-0.39, 0.29) is 24.2 Å². The van der Waals surface area contributed by atoms with Crippen LogP contribution in [0.25, 0.3) is 0 Å². The molecule has 4 rings (SSSR count). The molecule has 168 valence electrons. The zero-order valence-electron chi connectivity index (χ0n) is 18.3. The molecule has 0 radical (unpaired) electrons. The van der Waals surface area contributed by atoms with Gasteiger partial charge in [-0.2, -0.15) is 4.80 Å². The van der Waals surface area contributed by atoms with Crippen molar-refractivity contribution in [3.8, 4) is 0 Å². The molecule has 2 aromatic heterocycles. The van der Waals surface area contributed by atoms with Crippen LogP contribution < -0.4 is 11.2 Å². The molecule has 0 fully saturated rings. The molecule has 1 aliphatic rings. The predicted molar refractivity (Wildman–Crippen MR) is 123 cm³/mol. The Morgan fingerprint density at radius 2 is 1.91 bits per heavy atom. The van der Waals surface area contributed by atoms with E-state index in [1.807, 2.05) is 25.1 Å². The largest absolute Gasteiger partial charge is 0.332 e. The molecule has 0 saturated heterocycles. The average Bonchev–Trinajstić information content (AvgIpc) is 3.37. The molecule has 10 heteroatoms. The fourth-order valence-electron chi connectivity index (χ4n) is 3.86. The van der Waals surface area contributed by atoms with Crippen LogP contribution in [0.1, 0.15) is 48.7 Å². The van der Waals surface area contributed by atoms with Crippen molar-refractivity contribution in [2.75, 3.05) is 0 Å². The molecular formula is C22H26ClN7O2. The summed E-state index contributed by atoms with van der Waals surface area (Å²) in [6.07, 6.45) is 3.16. The highest BCUT2D eigenvalue weighted by atomic mass is 35.5. The third-order valence-corrected chi connectivity index (χ3v) is 5.67. The van der Waals surface area contributed by atoms with Gasteiger partial charge in [0, 0.05) is 25.9 Å². The number of benzene rings is 1. The molecule has 0 unspecified atom stereocenters. The Hall–Kier alpha value is -3.07. The Labute approximate surface area is 190 Å². The lowest BCUT2D eigenvalue weighted by Gasteiger charge is -2.13. The quantitative estimate of drug-likeness (QED) is 0.493. The van der Waals surface area contributed by atoms with Crippen molar-refractivity contribution < 1.29 is 0 Å². The van der Waals surface area contributed by atoms with Crippen LogP contribution in [-0.2, 0) is 32.5 Å². The molecule has 0 aliphatic carbocycles. The molecule has 0 spiro atoms. The lowest BCUT2D eigenvalue weighted by atomic mass is 10.1. The van der Waals surface area contributed by atoms with Gasteiger partial charge in [-0.1, -0.05) is 54.8 Å². The van der Waals surface area contributed by atoms with E-state index in [9.17, 15) is 9.59 Å². The van der Waals surface area contributed by atoms with Crippen molar-refractivity contribution in [2.24, 2.45) is 4.99 Å². The summed E-state index contributed by atoms with van der Waals surface area (Å²) in [5.41, 5.74) is 2.14. The Bertz CT molecular complexity index is 1270. The number of nitrogens with zero attached hydrogens (tertiary/aromatic N) is 7. The van der Waals surface area contributed by atoms with E-state index in [2.05, 4.69) is 33.4 Å². The number of hydrogen-bond donors (Lipinski definition) is 0. The average molecular weight is 456 g/mol. The first-order valence-corrected chi connectivity index (χ1v) is 11.3. The molecule has 0 saturated carbocycles. The number of tetrazole rings is 1. The molecule has 9 nitrogen and oxygen atoms in total. The SMILES string of the molecule is CCCCn1c2c(c(=O)n(CCCn3nnc(Cc4cccc(C)c4)n3)c1=O)CC(Cl)=N2. The molecule has 32 heavy (non-hydrogen) atoms. The third-order valence-electron chi connectivity index (χ3n) is 5.45. The second-order valence-corrected chi connectivity index (χ2v) is 8.47. The van der Waals surface area contributed by atoms with Crippen molar-refractivity contribution in [1.82, 2.24) is 29.3 Å². The van der Waals surface area contributed by atoms with Crippen LogP contribution in [0.5, 0.6) is 0 Å². The number of hydrogen-bond acceptors (Lipinski definition) is 6. The Kier molecular flexibility index (Phi) is 6.64. The summed E-state index contributed by atoms with van der Waals surface area (Å²) in [7, 11) is 0. The van der Waals surface area contributed by atoms with Crippen molar-refractivity contribution >= 4 is 22.6 Å². The van der Waals surface area contributed by atoms with Crippen LogP contribution in [0.2, 0.25) is 0 Å². The van der Waals surface area contributed by atoms with E-state index in [4.69, 9.17) is 11.6 Å². The summed E-state index contributed by atoms with van der Waals surface area (Å²) < 4.78 is 2.85. The Morgan fingerprint density at radius 3 is 2.69 bits per heavy atom. The van der Waals surface area contributed by atoms with Gasteiger partial charge in [0.05, 0.1) is 12.1 Å². The van der Waals surface area contributed by atoms with E-state index < -0.39 is 0 Å². The number of rotatable bonds is 9. The Balaban J connectivity index is 1.46. The van der Waals surface area contributed by atoms with Crippen LogP contribution in [0.4, 0.5) is 5.82 Å². The van der Waals surface area contributed by atoms with Gasteiger partial charge in [0.15, 0.2) is 5.82 Å². The highest BCUT2D eigenvalue weighted by Gasteiger charge is 2.24. The number of aromatic nitrogens is 6. The van der Waals surface area contributed by atoms with Gasteiger partial charge in [0.2, 0.25) is 0 Å². The van der Waals surface area contributed by atoms with Gasteiger partial charge < -0.3 is 0 Å². The zero-order chi connectivity index (χ0) is 22.7. The van der Waals surface area contributed by atoms with E-state index in [0.29, 0.717) is 48.3 Å². The minimum atomic E-state index is -0.344. The lowest BCUT2D eigenvalue weighted by molar-refractivity contribution is 0.448. The Morgan fingerprint density at radius 1 is 1.09 bits per heavy atom. The second kappa shape index (κ2) is 9.60. The molecule has 3 heterocycles. The van der Waals surface area contributed by atoms with Gasteiger partial charge in [-0.15, -0.1) is 10.2 Å². The van der Waals surface area contributed by atoms with Crippen LogP contribution in [0, 0.1) is 6.92 Å². The maximum atomic E-state index is 13.0. The first-order valence-electron chi connectivity index (χ1n) is 10.9. The zero-order valence-corrected chi connectivity index (χ0v) is 19.0. The molecule has 0 N–H and O–H groups in total. The fraction of sp³-hybridized carbons (Fsp3) is 0.455. The first-order chi connectivity index (χ1) is 15.5. The summed E-state index contributed by atoms with van der Waals surface area (Å²) >= 11 is 6.07. The smallest absolute Gasteiger partial charge is 0.278 e. The number of unbranched alkanes of at least 4 members (excludes halogenated alkanes) is 1. The molecule has 3 aromatic rings. The summed E-state index contributed by atoms with van der Waals surface area (Å²) in [5.74, 6) is 1.05. The van der Waals surface area contributed by atoms with Crippen molar-refractivity contribution in [1.29, 1.82) is 0 Å². The van der Waals surface area contributed by atoms with Gasteiger partial charge in [-0.25, -0.2) is 9.79 Å². The lowest BCUT2D eigenvalue weighted by Crippen LogP contribution is -2.41. The number of halogens is 1. The highest BCUT2D eigenvalue weighted by molar-refractivity contribution is 6.66. The number of aryl methyl sites for hydroxylation is 2. The van der Waals surface area contributed by atoms with E-state index >= 15 is 0 Å². The van der Waals surface area contributed by atoms with Crippen molar-refractivity contribution in [2.45, 2.75) is 65.6 Å². The summed E-state index contributed by atoms with van der Waals surface area (Å²) in [6.45, 7) is 5.33. The van der Waals surface area contributed by atoms with Gasteiger partial charge in [-0.05, 0) is 30.5 Å². The van der Waals surface area contributed by atoms with Gasteiger partial charge in [-0.3, -0.25) is 13.9 Å². The standard InChI is InChI=1S/C22H26ClN7O2/c1-3-4-9-28-20-17(14-18(23)24-20)21(31)29(22(28)32)10-6-11-30-26-19(25-27-30)13-16-8-5-7-15(2)12-16/h5,7-8,12H,3-4,6,9-11,13-14H2,1-2H3. The predicted octanol–water partition coefficient (Wildman–Crippen LogP) is 2.61. The second-order valence-electron chi connectivity index (χ2n) is 8.03. The van der Waals surface area contributed by atoms with Crippen molar-refractivity contribution in [3.05, 3.63) is 67.6 Å². The molecule has 0 bridgehead atoms. The third kappa shape index (κ3) is 4.72. The fourth-order valence-corrected chi connectivity index (χ4v) is 4.07. The van der Waals surface area contributed by atoms with Gasteiger partial charge in [0.1, 0.15) is 11.0 Å². The van der Waals surface area contributed by atoms with E-state index in [0.717, 1.165) is 18.4 Å². The topological polar surface area (TPSA) is 100.0 Å². The number of aliphatic imine (C=N–C) groups is 1. The number of fused-ring (bicyclic) bond motifs is 1. The van der Waals surface area contributed by atoms with Crippen molar-refractivity contribution in [3.63, 3.8) is 0 Å². The maximum Gasteiger partial charge on any atom is 0.332 e. The summed E-state index contributed by atoms with van der Waals surface area (Å²) in [6, 6.07) is 8.19. The van der Waals surface area contributed by atoms with Gasteiger partial charge in [0.25, 0.3) is 5.56 Å². The minimum absolute atomic E-state index is 0.267. The van der Waals surface area contributed by atoms with E-state index in [1.54, 1.807) is 4.57 Å². The molecule has 0 atom stereocenters. The van der Waals surface area contributed by atoms with Crippen LogP contribution in [0.15, 0.2) is 38.8 Å². The maximum absolute atomic E-state index is 13.0. The molecular weight excluding hydrogens is 430 g/mol. The van der Waals surface area contributed by atoms with Crippen LogP contribution >= 0.6 is 11.6 Å². The summed E-state index contributed by atoms with van der Waals surface area (Å²) in [4.78, 5) is 31.7. The van der Waals surface area contributed by atoms with Gasteiger partial charge >= 0.3 is 5.69 Å². The normalized spacial score (nSPS) is 12.8. The van der Waals surface area contributed by atoms with Crippen LogP contribution in [0.3, 0.4) is 0 Å².